The molecule has 1 unspecified atom stereocenters. The van der Waals surface area contributed by atoms with Gasteiger partial charge < -0.3 is 4.74 Å². The number of aryl methyl sites for hydroxylation is 1. The van der Waals surface area contributed by atoms with Gasteiger partial charge in [-0.2, -0.15) is 8.42 Å². The highest BCUT2D eigenvalue weighted by Crippen LogP contribution is 2.32. The maximum absolute atomic E-state index is 11.6. The first-order chi connectivity index (χ1) is 13.3. The summed E-state index contributed by atoms with van der Waals surface area (Å²) in [6, 6.07) is 25.4. The molecule has 3 aromatic carbocycles. The molecule has 1 N–H and O–H groups in total. The van der Waals surface area contributed by atoms with Gasteiger partial charge in [0.2, 0.25) is 0 Å². The van der Waals surface area contributed by atoms with Gasteiger partial charge in [0, 0.05) is 0 Å². The third kappa shape index (κ3) is 5.45. The van der Waals surface area contributed by atoms with Gasteiger partial charge in [0.15, 0.2) is 20.4 Å². The summed E-state index contributed by atoms with van der Waals surface area (Å²) in [5.74, 6) is -1.89. The molecule has 1 atom stereocenters. The minimum absolute atomic E-state index is 0.220. The van der Waals surface area contributed by atoms with E-state index in [-0.39, 0.29) is 16.6 Å². The van der Waals surface area contributed by atoms with Crippen LogP contribution in [0.4, 0.5) is 0 Å². The summed E-state index contributed by atoms with van der Waals surface area (Å²) >= 11 is 0. The Bertz CT molecular complexity index is 1040. The third-order valence-corrected chi connectivity index (χ3v) is 6.66. The molecule has 0 saturated carbocycles. The summed E-state index contributed by atoms with van der Waals surface area (Å²) in [5, 5.41) is 0. The van der Waals surface area contributed by atoms with Gasteiger partial charge in [-0.25, -0.2) is 0 Å². The SMILES string of the molecule is Cc1ccc([S+](c2ccccc2)c2ccc(OC(=O)CS(=O)(=O)O)cc2)cc1. The van der Waals surface area contributed by atoms with Crippen molar-refractivity contribution in [3.8, 4) is 5.75 Å². The number of carbonyl (C=O) groups excluding carboxylic acids is 1. The van der Waals surface area contributed by atoms with Crippen molar-refractivity contribution in [3.63, 3.8) is 0 Å². The van der Waals surface area contributed by atoms with Crippen molar-refractivity contribution in [1.82, 2.24) is 0 Å². The van der Waals surface area contributed by atoms with E-state index in [0.29, 0.717) is 0 Å². The quantitative estimate of drug-likeness (QED) is 0.286. The Morgan fingerprint density at radius 1 is 0.857 bits per heavy atom. The van der Waals surface area contributed by atoms with Crippen LogP contribution < -0.4 is 4.74 Å². The van der Waals surface area contributed by atoms with E-state index in [4.69, 9.17) is 9.29 Å². The molecule has 5 nitrogen and oxygen atoms in total. The van der Waals surface area contributed by atoms with Crippen molar-refractivity contribution in [2.75, 3.05) is 5.75 Å². The maximum atomic E-state index is 11.6. The van der Waals surface area contributed by atoms with Crippen LogP contribution in [0.1, 0.15) is 5.56 Å². The molecule has 144 valence electrons. The van der Waals surface area contributed by atoms with E-state index in [2.05, 4.69) is 36.4 Å². The Kier molecular flexibility index (Phi) is 6.18. The summed E-state index contributed by atoms with van der Waals surface area (Å²) in [5.41, 5.74) is 1.18. The first-order valence-corrected chi connectivity index (χ1v) is 11.3. The van der Waals surface area contributed by atoms with Gasteiger partial charge in [-0.15, -0.1) is 0 Å². The van der Waals surface area contributed by atoms with E-state index in [1.54, 1.807) is 12.1 Å². The van der Waals surface area contributed by atoms with Crippen LogP contribution in [0.3, 0.4) is 0 Å². The summed E-state index contributed by atoms with van der Waals surface area (Å²) in [4.78, 5) is 14.9. The minimum atomic E-state index is -4.41. The number of carbonyl (C=O) groups is 1. The molecule has 28 heavy (non-hydrogen) atoms. The van der Waals surface area contributed by atoms with Crippen LogP contribution in [0.15, 0.2) is 93.5 Å². The molecule has 0 fully saturated rings. The van der Waals surface area contributed by atoms with Gasteiger partial charge in [-0.3, -0.25) is 9.35 Å². The Balaban J connectivity index is 1.89. The normalized spacial score (nSPS) is 12.4. The van der Waals surface area contributed by atoms with Crippen molar-refractivity contribution < 1.29 is 22.5 Å². The molecule has 7 heteroatoms. The van der Waals surface area contributed by atoms with Crippen molar-refractivity contribution in [3.05, 3.63) is 84.4 Å². The Morgan fingerprint density at radius 2 is 1.36 bits per heavy atom. The molecule has 0 amide bonds. The van der Waals surface area contributed by atoms with Gasteiger partial charge in [-0.1, -0.05) is 35.9 Å². The van der Waals surface area contributed by atoms with Crippen LogP contribution >= 0.6 is 0 Å². The zero-order valence-corrected chi connectivity index (χ0v) is 16.7. The number of ether oxygens (including phenoxy) is 1. The van der Waals surface area contributed by atoms with E-state index >= 15 is 0 Å². The second-order valence-corrected chi connectivity index (χ2v) is 9.58. The largest absolute Gasteiger partial charge is 0.426 e. The highest BCUT2D eigenvalue weighted by atomic mass is 32.2. The lowest BCUT2D eigenvalue weighted by Crippen LogP contribution is -2.20. The lowest BCUT2D eigenvalue weighted by molar-refractivity contribution is -0.131. The topological polar surface area (TPSA) is 80.7 Å². The monoisotopic (exact) mass is 415 g/mol. The Morgan fingerprint density at radius 3 is 1.89 bits per heavy atom. The molecular weight excluding hydrogens is 396 g/mol. The summed E-state index contributed by atoms with van der Waals surface area (Å²) in [6.07, 6.45) is 0. The highest BCUT2D eigenvalue weighted by molar-refractivity contribution is 7.97. The van der Waals surface area contributed by atoms with Crippen LogP contribution in [0.25, 0.3) is 0 Å². The van der Waals surface area contributed by atoms with E-state index in [1.165, 1.54) is 5.56 Å². The van der Waals surface area contributed by atoms with Gasteiger partial charge in [0.05, 0.1) is 10.9 Å². The average Bonchev–Trinajstić information content (AvgIpc) is 2.64. The standard InChI is InChI=1S/C21H18O5S2/c1-16-7-11-19(12-8-16)27(18-5-3-2-4-6-18)20-13-9-17(10-14-20)26-21(22)15-28(23,24)25/h2-14H,15H2,1H3/p+1. The molecule has 0 heterocycles. The van der Waals surface area contributed by atoms with Crippen LogP contribution in [-0.4, -0.2) is 24.7 Å². The second kappa shape index (κ2) is 8.60. The lowest BCUT2D eigenvalue weighted by atomic mass is 10.2. The maximum Gasteiger partial charge on any atom is 0.329 e. The van der Waals surface area contributed by atoms with E-state index in [9.17, 15) is 13.2 Å². The smallest absolute Gasteiger partial charge is 0.329 e. The van der Waals surface area contributed by atoms with Crippen LogP contribution in [-0.2, 0) is 25.8 Å². The predicted molar refractivity (Wildman–Crippen MR) is 108 cm³/mol. The second-order valence-electron chi connectivity index (χ2n) is 6.10. The zero-order valence-electron chi connectivity index (χ0n) is 15.1. The first-order valence-electron chi connectivity index (χ1n) is 8.44. The fourth-order valence-corrected chi connectivity index (χ4v) is 5.01. The van der Waals surface area contributed by atoms with Crippen molar-refractivity contribution in [2.24, 2.45) is 0 Å². The molecule has 0 aromatic heterocycles. The number of hydrogen-bond acceptors (Lipinski definition) is 4. The molecule has 3 aromatic rings. The number of esters is 1. The van der Waals surface area contributed by atoms with Crippen LogP contribution in [0, 0.1) is 6.92 Å². The minimum Gasteiger partial charge on any atom is -0.426 e. The summed E-state index contributed by atoms with van der Waals surface area (Å²) in [7, 11) is -4.75. The molecule has 0 aliphatic carbocycles. The Labute approximate surface area is 167 Å². The molecule has 0 spiro atoms. The van der Waals surface area contributed by atoms with Crippen LogP contribution in [0.2, 0.25) is 0 Å². The molecule has 0 aliphatic heterocycles. The number of benzene rings is 3. The molecule has 3 rings (SSSR count). The molecule has 0 saturated heterocycles. The van der Waals surface area contributed by atoms with Gasteiger partial charge in [-0.05, 0) is 55.5 Å². The van der Waals surface area contributed by atoms with Crippen LogP contribution in [0.5, 0.6) is 5.75 Å². The number of hydrogen-bond donors (Lipinski definition) is 1. The van der Waals surface area contributed by atoms with Crippen molar-refractivity contribution >= 4 is 27.0 Å². The van der Waals surface area contributed by atoms with Crippen molar-refractivity contribution in [1.29, 1.82) is 0 Å². The van der Waals surface area contributed by atoms with E-state index < -0.39 is 21.8 Å². The summed E-state index contributed by atoms with van der Waals surface area (Å²) < 4.78 is 35.2. The molecular formula is C21H19O5S2+. The van der Waals surface area contributed by atoms with Crippen molar-refractivity contribution in [2.45, 2.75) is 21.6 Å². The van der Waals surface area contributed by atoms with Gasteiger partial charge in [0.1, 0.15) is 5.75 Å². The fraction of sp³-hybridized carbons (Fsp3) is 0.0952. The lowest BCUT2D eigenvalue weighted by Gasteiger charge is -2.09. The average molecular weight is 416 g/mol. The third-order valence-electron chi connectivity index (χ3n) is 3.83. The predicted octanol–water partition coefficient (Wildman–Crippen LogP) is 3.88. The fourth-order valence-electron chi connectivity index (χ4n) is 2.59. The zero-order chi connectivity index (χ0) is 20.1. The van der Waals surface area contributed by atoms with Gasteiger partial charge in [0.25, 0.3) is 10.1 Å². The molecule has 0 bridgehead atoms. The van der Waals surface area contributed by atoms with E-state index in [1.807, 2.05) is 37.3 Å². The van der Waals surface area contributed by atoms with Gasteiger partial charge >= 0.3 is 5.97 Å². The number of rotatable bonds is 6. The van der Waals surface area contributed by atoms with E-state index in [0.717, 1.165) is 14.7 Å². The summed E-state index contributed by atoms with van der Waals surface area (Å²) in [6.45, 7) is 2.04. The first kappa shape index (κ1) is 20.1. The highest BCUT2D eigenvalue weighted by Gasteiger charge is 2.28. The molecule has 0 radical (unpaired) electrons. The Hall–Kier alpha value is -2.61. The molecule has 0 aliphatic rings.